The molecular weight excluding hydrogens is 476 g/mol. The van der Waals surface area contributed by atoms with Crippen LogP contribution in [0.25, 0.3) is 5.78 Å². The van der Waals surface area contributed by atoms with Crippen molar-refractivity contribution in [3.63, 3.8) is 0 Å². The number of carbonyl (C=O) groups is 1. The molecule has 0 saturated carbocycles. The highest BCUT2D eigenvalue weighted by atomic mass is 79.9. The minimum absolute atomic E-state index is 0.0419. The van der Waals surface area contributed by atoms with E-state index in [0.717, 1.165) is 27.2 Å². The standard InChI is InChI=1S/C23H19BrN4O2S/c1-30-21-5-3-2-4-17(21)15-10-19-18(20(29)11-15)12-28-22(25-19)26-23(27-28)31-13-14-6-8-16(24)9-7-14/h2-9,12,15H,10-11,13H2,1H3. The molecule has 4 aromatic rings. The maximum absolute atomic E-state index is 12.9. The van der Waals surface area contributed by atoms with Gasteiger partial charge in [-0.15, -0.1) is 5.10 Å². The van der Waals surface area contributed by atoms with E-state index in [1.165, 1.54) is 5.56 Å². The summed E-state index contributed by atoms with van der Waals surface area (Å²) in [6, 6.07) is 16.0. The first kappa shape index (κ1) is 20.2. The lowest BCUT2D eigenvalue weighted by molar-refractivity contribution is 0.0962. The summed E-state index contributed by atoms with van der Waals surface area (Å²) in [5, 5.41) is 5.16. The van der Waals surface area contributed by atoms with Gasteiger partial charge in [-0.2, -0.15) is 4.98 Å². The number of rotatable bonds is 5. The van der Waals surface area contributed by atoms with Gasteiger partial charge in [0.2, 0.25) is 5.16 Å². The summed E-state index contributed by atoms with van der Waals surface area (Å²) in [6.45, 7) is 0. The van der Waals surface area contributed by atoms with Crippen molar-refractivity contribution < 1.29 is 9.53 Å². The number of thioether (sulfide) groups is 1. The molecule has 0 fully saturated rings. The van der Waals surface area contributed by atoms with Crippen LogP contribution in [-0.2, 0) is 12.2 Å². The zero-order valence-corrected chi connectivity index (χ0v) is 19.2. The van der Waals surface area contributed by atoms with Gasteiger partial charge in [0, 0.05) is 28.8 Å². The van der Waals surface area contributed by atoms with Gasteiger partial charge in [0.05, 0.1) is 18.4 Å². The average molecular weight is 495 g/mol. The van der Waals surface area contributed by atoms with Gasteiger partial charge in [-0.1, -0.05) is 58.0 Å². The van der Waals surface area contributed by atoms with Crippen molar-refractivity contribution in [2.75, 3.05) is 7.11 Å². The topological polar surface area (TPSA) is 69.4 Å². The van der Waals surface area contributed by atoms with Crippen LogP contribution in [0.1, 0.15) is 39.5 Å². The van der Waals surface area contributed by atoms with E-state index in [0.29, 0.717) is 29.3 Å². The van der Waals surface area contributed by atoms with Crippen LogP contribution in [0.4, 0.5) is 0 Å². The summed E-state index contributed by atoms with van der Waals surface area (Å²) < 4.78 is 8.17. The van der Waals surface area contributed by atoms with E-state index >= 15 is 0 Å². The number of Topliss-reactive ketones (excluding diaryl/α,β-unsaturated/α-hetero) is 1. The number of benzene rings is 2. The second kappa shape index (κ2) is 8.43. The highest BCUT2D eigenvalue weighted by Gasteiger charge is 2.30. The van der Waals surface area contributed by atoms with E-state index in [1.807, 2.05) is 36.4 Å². The summed E-state index contributed by atoms with van der Waals surface area (Å²) in [5.41, 5.74) is 3.64. The lowest BCUT2D eigenvalue weighted by Crippen LogP contribution is -2.21. The van der Waals surface area contributed by atoms with Crippen molar-refractivity contribution in [1.82, 2.24) is 19.6 Å². The van der Waals surface area contributed by atoms with Gasteiger partial charge in [-0.3, -0.25) is 4.79 Å². The monoisotopic (exact) mass is 494 g/mol. The van der Waals surface area contributed by atoms with E-state index in [1.54, 1.807) is 29.6 Å². The third-order valence-electron chi connectivity index (χ3n) is 5.42. The van der Waals surface area contributed by atoms with Crippen LogP contribution < -0.4 is 4.74 Å². The number of hydrogen-bond acceptors (Lipinski definition) is 6. The number of carbonyl (C=O) groups excluding carboxylic acids is 1. The van der Waals surface area contributed by atoms with E-state index in [4.69, 9.17) is 9.72 Å². The molecule has 2 aromatic heterocycles. The predicted octanol–water partition coefficient (Wildman–Crippen LogP) is 5.10. The number of hydrogen-bond donors (Lipinski definition) is 0. The predicted molar refractivity (Wildman–Crippen MR) is 123 cm³/mol. The molecule has 6 nitrogen and oxygen atoms in total. The lowest BCUT2D eigenvalue weighted by atomic mass is 9.82. The fraction of sp³-hybridized carbons (Fsp3) is 0.217. The fourth-order valence-electron chi connectivity index (χ4n) is 3.88. The Hall–Kier alpha value is -2.71. The zero-order valence-electron chi connectivity index (χ0n) is 16.8. The first-order chi connectivity index (χ1) is 15.1. The number of ether oxygens (including phenoxy) is 1. The largest absolute Gasteiger partial charge is 0.496 e. The normalized spacial score (nSPS) is 15.8. The van der Waals surface area contributed by atoms with E-state index in [2.05, 4.69) is 38.1 Å². The van der Waals surface area contributed by atoms with Crippen molar-refractivity contribution in [1.29, 1.82) is 0 Å². The molecule has 0 radical (unpaired) electrons. The van der Waals surface area contributed by atoms with Crippen LogP contribution in [0.5, 0.6) is 5.75 Å². The summed E-state index contributed by atoms with van der Waals surface area (Å²) in [5.74, 6) is 2.20. The van der Waals surface area contributed by atoms with Gasteiger partial charge < -0.3 is 4.74 Å². The quantitative estimate of drug-likeness (QED) is 0.359. The highest BCUT2D eigenvalue weighted by molar-refractivity contribution is 9.10. The van der Waals surface area contributed by atoms with Gasteiger partial charge >= 0.3 is 0 Å². The molecule has 2 heterocycles. The van der Waals surface area contributed by atoms with Gasteiger partial charge in [-0.05, 0) is 35.7 Å². The Kier molecular flexibility index (Phi) is 5.50. The number of nitrogens with zero attached hydrogens (tertiary/aromatic N) is 4. The summed E-state index contributed by atoms with van der Waals surface area (Å²) in [4.78, 5) is 22.2. The SMILES string of the molecule is COc1ccccc1C1CC(=O)c2cn3nc(SCc4ccc(Br)cc4)nc3nc2C1. The Morgan fingerprint density at radius 3 is 2.74 bits per heavy atom. The number of aromatic nitrogens is 4. The third-order valence-corrected chi connectivity index (χ3v) is 6.86. The van der Waals surface area contributed by atoms with Crippen LogP contribution in [0.2, 0.25) is 0 Å². The average Bonchev–Trinajstić information content (AvgIpc) is 3.19. The van der Waals surface area contributed by atoms with Crippen LogP contribution >= 0.6 is 27.7 Å². The van der Waals surface area contributed by atoms with Crippen LogP contribution in [0.15, 0.2) is 64.4 Å². The maximum Gasteiger partial charge on any atom is 0.253 e. The molecule has 0 aliphatic heterocycles. The van der Waals surface area contributed by atoms with Gasteiger partial charge in [0.25, 0.3) is 5.78 Å². The Morgan fingerprint density at radius 2 is 1.94 bits per heavy atom. The van der Waals surface area contributed by atoms with Crippen LogP contribution in [-0.4, -0.2) is 32.5 Å². The van der Waals surface area contributed by atoms with E-state index < -0.39 is 0 Å². The second-order valence-electron chi connectivity index (χ2n) is 7.43. The first-order valence-electron chi connectivity index (χ1n) is 9.90. The minimum Gasteiger partial charge on any atom is -0.496 e. The first-order valence-corrected chi connectivity index (χ1v) is 11.7. The summed E-state index contributed by atoms with van der Waals surface area (Å²) >= 11 is 5.00. The Balaban J connectivity index is 1.41. The van der Waals surface area contributed by atoms with Crippen molar-refractivity contribution in [3.8, 4) is 5.75 Å². The smallest absolute Gasteiger partial charge is 0.253 e. The Morgan fingerprint density at radius 1 is 1.13 bits per heavy atom. The summed E-state index contributed by atoms with van der Waals surface area (Å²) in [6.07, 6.45) is 2.88. The van der Waals surface area contributed by atoms with Gasteiger partial charge in [0.1, 0.15) is 5.75 Å². The number of halogens is 1. The maximum atomic E-state index is 12.9. The van der Waals surface area contributed by atoms with Crippen molar-refractivity contribution >= 4 is 39.3 Å². The molecule has 2 aromatic carbocycles. The number of methoxy groups -OCH3 is 1. The van der Waals surface area contributed by atoms with E-state index in [-0.39, 0.29) is 11.7 Å². The lowest BCUT2D eigenvalue weighted by Gasteiger charge is -2.24. The fourth-order valence-corrected chi connectivity index (χ4v) is 4.92. The molecule has 5 rings (SSSR count). The second-order valence-corrected chi connectivity index (χ2v) is 9.28. The molecule has 156 valence electrons. The molecular formula is C23H19BrN4O2S. The van der Waals surface area contributed by atoms with Crippen molar-refractivity contribution in [3.05, 3.63) is 81.6 Å². The molecule has 31 heavy (non-hydrogen) atoms. The molecule has 1 unspecified atom stereocenters. The number of ketones is 1. The minimum atomic E-state index is 0.0419. The molecule has 0 bridgehead atoms. The van der Waals surface area contributed by atoms with Crippen molar-refractivity contribution in [2.45, 2.75) is 29.7 Å². The molecule has 1 aliphatic carbocycles. The molecule has 8 heteroatoms. The third kappa shape index (κ3) is 4.09. The zero-order chi connectivity index (χ0) is 21.4. The Labute approximate surface area is 192 Å². The van der Waals surface area contributed by atoms with Crippen LogP contribution in [0, 0.1) is 0 Å². The molecule has 0 saturated heterocycles. The molecule has 1 aliphatic rings. The molecule has 0 amide bonds. The van der Waals surface area contributed by atoms with Crippen LogP contribution in [0.3, 0.4) is 0 Å². The number of para-hydroxylation sites is 1. The summed E-state index contributed by atoms with van der Waals surface area (Å²) in [7, 11) is 1.66. The van der Waals surface area contributed by atoms with E-state index in [9.17, 15) is 4.79 Å². The molecule has 1 atom stereocenters. The van der Waals surface area contributed by atoms with Gasteiger partial charge in [0.15, 0.2) is 5.78 Å². The van der Waals surface area contributed by atoms with Crippen molar-refractivity contribution in [2.24, 2.45) is 0 Å². The number of fused-ring (bicyclic) bond motifs is 2. The molecule has 0 N–H and O–H groups in total. The Bertz CT molecular complexity index is 1270. The van der Waals surface area contributed by atoms with Gasteiger partial charge in [-0.25, -0.2) is 9.50 Å². The molecule has 0 spiro atoms. The highest BCUT2D eigenvalue weighted by Crippen LogP contribution is 2.36.